The molecule has 0 saturated heterocycles. The van der Waals surface area contributed by atoms with E-state index >= 15 is 0 Å². The van der Waals surface area contributed by atoms with E-state index in [9.17, 15) is 0 Å². The second kappa shape index (κ2) is 5.82. The van der Waals surface area contributed by atoms with Gasteiger partial charge in [-0.2, -0.15) is 0 Å². The molecule has 1 rings (SSSR count). The van der Waals surface area contributed by atoms with Crippen LogP contribution in [0.5, 0.6) is 0 Å². The first kappa shape index (κ1) is 11.3. The number of rotatable bonds is 5. The molecule has 0 aliphatic carbocycles. The van der Waals surface area contributed by atoms with Crippen molar-refractivity contribution in [3.63, 3.8) is 0 Å². The fraction of sp³-hybridized carbons (Fsp3) is 0.556. The molecule has 2 N–H and O–H groups in total. The van der Waals surface area contributed by atoms with Gasteiger partial charge in [-0.1, -0.05) is 6.92 Å². The van der Waals surface area contributed by atoms with Gasteiger partial charge in [0.2, 0.25) is 0 Å². The maximum atomic E-state index is 8.89. The van der Waals surface area contributed by atoms with Crippen LogP contribution in [0.2, 0.25) is 0 Å². The van der Waals surface area contributed by atoms with Crippen molar-refractivity contribution in [2.24, 2.45) is 0 Å². The van der Waals surface area contributed by atoms with Crippen LogP contribution in [0, 0.1) is 0 Å². The molecule has 0 radical (unpaired) electrons. The van der Waals surface area contributed by atoms with Crippen molar-refractivity contribution in [2.75, 3.05) is 18.5 Å². The van der Waals surface area contributed by atoms with E-state index in [2.05, 4.69) is 15.3 Å². The van der Waals surface area contributed by atoms with Gasteiger partial charge in [0.05, 0.1) is 6.61 Å². The summed E-state index contributed by atoms with van der Waals surface area (Å²) < 4.78 is 0. The Bertz CT molecular complexity index is 283. The molecule has 14 heavy (non-hydrogen) atoms. The first-order valence-corrected chi connectivity index (χ1v) is 5.47. The number of aliphatic hydroxyl groups is 1. The highest BCUT2D eigenvalue weighted by Gasteiger charge is 2.04. The monoisotopic (exact) mass is 213 g/mol. The van der Waals surface area contributed by atoms with Crippen LogP contribution in [0.25, 0.3) is 0 Å². The Hall–Kier alpha value is -0.810. The molecule has 0 aromatic carbocycles. The normalized spacial score (nSPS) is 12.5. The van der Waals surface area contributed by atoms with Crippen LogP contribution in [0.1, 0.15) is 13.8 Å². The third-order valence-electron chi connectivity index (χ3n) is 1.58. The van der Waals surface area contributed by atoms with Crippen LogP contribution in [0.3, 0.4) is 0 Å². The molecular weight excluding hydrogens is 198 g/mol. The zero-order valence-electron chi connectivity index (χ0n) is 8.40. The molecule has 0 fully saturated rings. The summed E-state index contributed by atoms with van der Waals surface area (Å²) in [5.74, 6) is 0.829. The first-order valence-electron chi connectivity index (χ1n) is 4.59. The van der Waals surface area contributed by atoms with Gasteiger partial charge < -0.3 is 10.4 Å². The van der Waals surface area contributed by atoms with E-state index in [0.717, 1.165) is 17.4 Å². The molecule has 0 spiro atoms. The van der Waals surface area contributed by atoms with Gasteiger partial charge >= 0.3 is 0 Å². The highest BCUT2D eigenvalue weighted by Crippen LogP contribution is 2.21. The van der Waals surface area contributed by atoms with Gasteiger partial charge in [-0.3, -0.25) is 0 Å². The standard InChI is InChI=1S/C9H15N3OS/c1-3-10-8-4-9(12-6-11-8)14-7(2)5-13/h4,6-7,13H,3,5H2,1-2H3,(H,10,11,12). The maximum Gasteiger partial charge on any atom is 0.130 e. The predicted molar refractivity (Wildman–Crippen MR) is 58.6 cm³/mol. The second-order valence-corrected chi connectivity index (χ2v) is 4.34. The molecule has 0 bridgehead atoms. The number of hydrogen-bond acceptors (Lipinski definition) is 5. The van der Waals surface area contributed by atoms with Gasteiger partial charge in [-0.15, -0.1) is 11.8 Å². The lowest BCUT2D eigenvalue weighted by atomic mass is 10.5. The third-order valence-corrected chi connectivity index (χ3v) is 2.60. The van der Waals surface area contributed by atoms with Crippen molar-refractivity contribution in [3.8, 4) is 0 Å². The lowest BCUT2D eigenvalue weighted by molar-refractivity contribution is 0.300. The average molecular weight is 213 g/mol. The average Bonchev–Trinajstić information content (AvgIpc) is 2.19. The fourth-order valence-corrected chi connectivity index (χ4v) is 1.70. The Morgan fingerprint density at radius 3 is 3.00 bits per heavy atom. The minimum absolute atomic E-state index is 0.158. The number of nitrogens with one attached hydrogen (secondary N) is 1. The van der Waals surface area contributed by atoms with Crippen molar-refractivity contribution in [1.82, 2.24) is 9.97 Å². The summed E-state index contributed by atoms with van der Waals surface area (Å²) in [7, 11) is 0. The van der Waals surface area contributed by atoms with Crippen LogP contribution in [-0.4, -0.2) is 33.5 Å². The number of aromatic nitrogens is 2. The molecule has 5 heteroatoms. The van der Waals surface area contributed by atoms with Crippen LogP contribution in [0.15, 0.2) is 17.4 Å². The van der Waals surface area contributed by atoms with Gasteiger partial charge in [0.25, 0.3) is 0 Å². The van der Waals surface area contributed by atoms with Crippen molar-refractivity contribution < 1.29 is 5.11 Å². The Morgan fingerprint density at radius 1 is 1.57 bits per heavy atom. The molecule has 1 aromatic heterocycles. The van der Waals surface area contributed by atoms with E-state index in [4.69, 9.17) is 5.11 Å². The predicted octanol–water partition coefficient (Wildman–Crippen LogP) is 1.38. The molecule has 1 heterocycles. The Labute approximate surface area is 88.2 Å². The Balaban J connectivity index is 2.63. The quantitative estimate of drug-likeness (QED) is 0.571. The molecule has 0 aliphatic rings. The van der Waals surface area contributed by atoms with Crippen LogP contribution in [0.4, 0.5) is 5.82 Å². The number of aliphatic hydroxyl groups excluding tert-OH is 1. The van der Waals surface area contributed by atoms with E-state index in [1.807, 2.05) is 19.9 Å². The maximum absolute atomic E-state index is 8.89. The van der Waals surface area contributed by atoms with Gasteiger partial charge in [0, 0.05) is 17.9 Å². The zero-order chi connectivity index (χ0) is 10.4. The minimum atomic E-state index is 0.158. The van der Waals surface area contributed by atoms with E-state index < -0.39 is 0 Å². The van der Waals surface area contributed by atoms with Crippen LogP contribution in [-0.2, 0) is 0 Å². The number of hydrogen-bond donors (Lipinski definition) is 2. The van der Waals surface area contributed by atoms with E-state index in [-0.39, 0.29) is 11.9 Å². The smallest absolute Gasteiger partial charge is 0.130 e. The first-order chi connectivity index (χ1) is 6.76. The Kier molecular flexibility index (Phi) is 4.69. The van der Waals surface area contributed by atoms with Crippen LogP contribution < -0.4 is 5.32 Å². The highest BCUT2D eigenvalue weighted by molar-refractivity contribution is 7.99. The number of anilines is 1. The van der Waals surface area contributed by atoms with Gasteiger partial charge in [-0.05, 0) is 6.92 Å². The number of thioether (sulfide) groups is 1. The summed E-state index contributed by atoms with van der Waals surface area (Å²) in [6.45, 7) is 4.98. The minimum Gasteiger partial charge on any atom is -0.395 e. The summed E-state index contributed by atoms with van der Waals surface area (Å²) in [5, 5.41) is 13.1. The molecular formula is C9H15N3OS. The number of nitrogens with zero attached hydrogens (tertiary/aromatic N) is 2. The third kappa shape index (κ3) is 3.51. The van der Waals surface area contributed by atoms with Crippen molar-refractivity contribution >= 4 is 17.6 Å². The van der Waals surface area contributed by atoms with Crippen molar-refractivity contribution in [2.45, 2.75) is 24.1 Å². The molecule has 4 nitrogen and oxygen atoms in total. The summed E-state index contributed by atoms with van der Waals surface area (Å²) >= 11 is 1.54. The second-order valence-electron chi connectivity index (χ2n) is 2.88. The summed E-state index contributed by atoms with van der Waals surface area (Å²) in [6.07, 6.45) is 1.53. The fourth-order valence-electron chi connectivity index (χ4n) is 0.925. The lowest BCUT2D eigenvalue weighted by Crippen LogP contribution is -2.04. The SMILES string of the molecule is CCNc1cc(SC(C)CO)ncn1. The molecule has 0 saturated carbocycles. The largest absolute Gasteiger partial charge is 0.395 e. The van der Waals surface area contributed by atoms with Crippen molar-refractivity contribution in [1.29, 1.82) is 0 Å². The summed E-state index contributed by atoms with van der Waals surface area (Å²) in [6, 6.07) is 1.89. The molecule has 0 amide bonds. The van der Waals surface area contributed by atoms with E-state index in [0.29, 0.717) is 0 Å². The summed E-state index contributed by atoms with van der Waals surface area (Å²) in [5.41, 5.74) is 0. The molecule has 78 valence electrons. The zero-order valence-corrected chi connectivity index (χ0v) is 9.21. The lowest BCUT2D eigenvalue weighted by Gasteiger charge is -2.07. The summed E-state index contributed by atoms with van der Waals surface area (Å²) in [4.78, 5) is 8.17. The topological polar surface area (TPSA) is 58.0 Å². The molecule has 1 atom stereocenters. The molecule has 1 unspecified atom stereocenters. The molecule has 0 aliphatic heterocycles. The van der Waals surface area contributed by atoms with E-state index in [1.165, 1.54) is 6.33 Å². The van der Waals surface area contributed by atoms with E-state index in [1.54, 1.807) is 11.8 Å². The molecule has 1 aromatic rings. The van der Waals surface area contributed by atoms with Crippen LogP contribution >= 0.6 is 11.8 Å². The van der Waals surface area contributed by atoms with Gasteiger partial charge in [0.1, 0.15) is 17.2 Å². The van der Waals surface area contributed by atoms with Gasteiger partial charge in [0.15, 0.2) is 0 Å². The van der Waals surface area contributed by atoms with Crippen molar-refractivity contribution in [3.05, 3.63) is 12.4 Å². The van der Waals surface area contributed by atoms with Gasteiger partial charge in [-0.25, -0.2) is 9.97 Å². The Morgan fingerprint density at radius 2 is 2.36 bits per heavy atom. The highest BCUT2D eigenvalue weighted by atomic mass is 32.2.